The van der Waals surface area contributed by atoms with Crippen molar-refractivity contribution in [2.45, 2.75) is 26.4 Å². The predicted molar refractivity (Wildman–Crippen MR) is 97.5 cm³/mol. The standard InChI is InChI=1S/C17H17O.4ClH.Fe/c1-12-7-6-8-13(11-12)16-14-9-4-5-10-15(14)17(2,3)18-16;;;;;/h4-11H,1-3H3;4*1H;/q+1;;;;;+3/p-4. The van der Waals surface area contributed by atoms with Gasteiger partial charge in [-0.3, -0.25) is 0 Å². The zero-order chi connectivity index (χ0) is 17.3. The molecule has 0 radical (unpaired) electrons. The first kappa shape index (κ1) is 19.1. The first-order chi connectivity index (χ1) is 10.6. The molecule has 0 fully saturated rings. The summed E-state index contributed by atoms with van der Waals surface area (Å²) in [5.41, 5.74) is 4.66. The Balaban J connectivity index is 0.000000338. The number of hydrogen-bond donors (Lipinski definition) is 0. The third-order valence-electron chi connectivity index (χ3n) is 3.46. The molecule has 3 rings (SSSR count). The fraction of sp³-hybridized carbons (Fsp3) is 0.235. The molecule has 0 saturated heterocycles. The summed E-state index contributed by atoms with van der Waals surface area (Å²) in [6.07, 6.45) is 0. The van der Waals surface area contributed by atoms with Gasteiger partial charge in [0.2, 0.25) is 0 Å². The number of carbonyl (C=O) groups excluding carboxylic acids is 1. The van der Waals surface area contributed by atoms with Crippen molar-refractivity contribution in [1.29, 1.82) is 0 Å². The van der Waals surface area contributed by atoms with Crippen LogP contribution in [-0.2, 0) is 14.8 Å². The van der Waals surface area contributed by atoms with E-state index in [-0.39, 0.29) is 5.60 Å². The first-order valence-corrected chi connectivity index (χ1v) is 12.9. The minimum atomic E-state index is -2.61. The summed E-state index contributed by atoms with van der Waals surface area (Å²) in [5.74, 6) is 0.999. The van der Waals surface area contributed by atoms with Crippen molar-refractivity contribution in [1.82, 2.24) is 0 Å². The van der Waals surface area contributed by atoms with Gasteiger partial charge in [0.05, 0.1) is 16.7 Å². The summed E-state index contributed by atoms with van der Waals surface area (Å²) in [4.78, 5) is 0. The summed E-state index contributed by atoms with van der Waals surface area (Å²) >= 11 is 0. The van der Waals surface area contributed by atoms with Crippen LogP contribution in [0.5, 0.6) is 0 Å². The Kier molecular flexibility index (Phi) is 6.11. The van der Waals surface area contributed by atoms with E-state index in [2.05, 4.69) is 69.3 Å². The topological polar surface area (TPSA) is 11.3 Å². The van der Waals surface area contributed by atoms with Crippen LogP contribution in [0.1, 0.15) is 40.5 Å². The Morgan fingerprint density at radius 3 is 2.13 bits per heavy atom. The van der Waals surface area contributed by atoms with Gasteiger partial charge in [0, 0.05) is 13.8 Å². The summed E-state index contributed by atoms with van der Waals surface area (Å²) in [7, 11) is 17.2. The van der Waals surface area contributed by atoms with Gasteiger partial charge in [-0.2, -0.15) is 0 Å². The molecule has 127 valence electrons. The SMILES string of the molecule is Cc1cccc(C2=[O+]C(C)(C)c3ccccc32)c1.[Cl][Fe-]([Cl])([Cl])[Cl]. The Labute approximate surface area is 156 Å². The molecule has 2 aromatic carbocycles. The molecule has 2 aromatic rings. The Hall–Kier alpha value is -0.211. The summed E-state index contributed by atoms with van der Waals surface area (Å²) < 4.78 is 6.18. The van der Waals surface area contributed by atoms with E-state index >= 15 is 0 Å². The van der Waals surface area contributed by atoms with Gasteiger partial charge in [0.1, 0.15) is 0 Å². The predicted octanol–water partition coefficient (Wildman–Crippen LogP) is 6.77. The zero-order valence-electron chi connectivity index (χ0n) is 12.9. The average Bonchev–Trinajstić information content (AvgIpc) is 2.70. The molecule has 1 nitrogen and oxygen atoms in total. The van der Waals surface area contributed by atoms with E-state index in [1.54, 1.807) is 0 Å². The monoisotopic (exact) mass is 433 g/mol. The molecule has 0 atom stereocenters. The van der Waals surface area contributed by atoms with E-state index in [0.717, 1.165) is 11.3 Å². The molecular weight excluding hydrogens is 418 g/mol. The number of aryl methyl sites for hydroxylation is 1. The van der Waals surface area contributed by atoms with Crippen LogP contribution in [-0.4, -0.2) is 5.78 Å². The van der Waals surface area contributed by atoms with Crippen LogP contribution in [0, 0.1) is 6.92 Å². The van der Waals surface area contributed by atoms with Gasteiger partial charge < -0.3 is 0 Å². The Morgan fingerprint density at radius 1 is 0.913 bits per heavy atom. The fourth-order valence-electron chi connectivity index (χ4n) is 2.57. The maximum absolute atomic E-state index is 6.18. The quantitative estimate of drug-likeness (QED) is 0.346. The number of benzene rings is 2. The van der Waals surface area contributed by atoms with E-state index < -0.39 is 9.20 Å². The second kappa shape index (κ2) is 7.35. The van der Waals surface area contributed by atoms with Crippen LogP contribution >= 0.6 is 40.4 Å². The van der Waals surface area contributed by atoms with Crippen LogP contribution in [0.15, 0.2) is 48.5 Å². The van der Waals surface area contributed by atoms with Crippen molar-refractivity contribution in [3.8, 4) is 0 Å². The molecule has 23 heavy (non-hydrogen) atoms. The summed E-state index contributed by atoms with van der Waals surface area (Å²) in [5, 5.41) is 0. The van der Waals surface area contributed by atoms with E-state index in [1.807, 2.05) is 0 Å². The third kappa shape index (κ3) is 5.39. The van der Waals surface area contributed by atoms with Crippen LogP contribution in [0.3, 0.4) is 0 Å². The summed E-state index contributed by atoms with van der Waals surface area (Å²) in [6, 6.07) is 16.9. The number of fused-ring (bicyclic) bond motifs is 1. The van der Waals surface area contributed by atoms with E-state index in [9.17, 15) is 0 Å². The van der Waals surface area contributed by atoms with Crippen molar-refractivity contribution in [3.05, 3.63) is 70.8 Å². The minimum absolute atomic E-state index is 0.240. The molecule has 0 aromatic heterocycles. The van der Waals surface area contributed by atoms with Gasteiger partial charge in [0.25, 0.3) is 0 Å². The van der Waals surface area contributed by atoms with E-state index in [0.29, 0.717) is 0 Å². The van der Waals surface area contributed by atoms with Crippen LogP contribution in [0.4, 0.5) is 0 Å². The second-order valence-electron chi connectivity index (χ2n) is 5.66. The van der Waals surface area contributed by atoms with Gasteiger partial charge in [-0.15, -0.1) is 0 Å². The van der Waals surface area contributed by atoms with Gasteiger partial charge in [-0.25, -0.2) is 4.42 Å². The molecule has 1 aliphatic rings. The van der Waals surface area contributed by atoms with Crippen molar-refractivity contribution in [2.24, 2.45) is 0 Å². The van der Waals surface area contributed by atoms with Crippen molar-refractivity contribution < 1.29 is 13.6 Å². The van der Waals surface area contributed by atoms with E-state index in [1.165, 1.54) is 16.7 Å². The maximum atomic E-state index is 6.18. The zero-order valence-corrected chi connectivity index (χ0v) is 17.0. The van der Waals surface area contributed by atoms with Crippen molar-refractivity contribution >= 4 is 46.2 Å². The van der Waals surface area contributed by atoms with Gasteiger partial charge in [-0.05, 0) is 31.2 Å². The number of ketones is 1. The van der Waals surface area contributed by atoms with Crippen molar-refractivity contribution in [2.75, 3.05) is 0 Å². The molecule has 6 heteroatoms. The molecule has 0 spiro atoms. The molecule has 0 N–H and O–H groups in total. The Bertz CT molecular complexity index is 729. The van der Waals surface area contributed by atoms with Gasteiger partial charge in [0.15, 0.2) is 0 Å². The molecule has 1 heterocycles. The molecule has 0 unspecified atom stereocenters. The Morgan fingerprint density at radius 2 is 1.52 bits per heavy atom. The average molecular weight is 435 g/mol. The molecule has 1 aliphatic heterocycles. The number of halogens is 4. The molecular formula is C17H17Cl4FeO. The van der Waals surface area contributed by atoms with Crippen LogP contribution < -0.4 is 0 Å². The molecule has 0 amide bonds. The van der Waals surface area contributed by atoms with Gasteiger partial charge >= 0.3 is 61.0 Å². The van der Waals surface area contributed by atoms with Crippen LogP contribution in [0.2, 0.25) is 0 Å². The fourth-order valence-corrected chi connectivity index (χ4v) is 2.57. The number of hydrogen-bond acceptors (Lipinski definition) is 0. The second-order valence-corrected chi connectivity index (χ2v) is 16.6. The normalized spacial score (nSPS) is 16.0. The van der Waals surface area contributed by atoms with Gasteiger partial charge in [-0.1, -0.05) is 29.8 Å². The van der Waals surface area contributed by atoms with E-state index in [4.69, 9.17) is 44.8 Å². The molecule has 0 bridgehead atoms. The third-order valence-corrected chi connectivity index (χ3v) is 3.46. The number of rotatable bonds is 1. The first-order valence-electron chi connectivity index (χ1n) is 6.84. The summed E-state index contributed by atoms with van der Waals surface area (Å²) in [6.45, 7) is 6.35. The van der Waals surface area contributed by atoms with Crippen LogP contribution in [0.25, 0.3) is 0 Å². The molecule has 0 saturated carbocycles. The molecule has 0 aliphatic carbocycles. The van der Waals surface area contributed by atoms with Crippen molar-refractivity contribution in [3.63, 3.8) is 0 Å².